The minimum atomic E-state index is -4.58. The molecule has 1 aliphatic heterocycles. The van der Waals surface area contributed by atoms with Crippen LogP contribution in [0.5, 0.6) is 5.75 Å². The molecule has 0 radical (unpaired) electrons. The van der Waals surface area contributed by atoms with Gasteiger partial charge < -0.3 is 4.74 Å². The molecule has 8 nitrogen and oxygen atoms in total. The third-order valence-electron chi connectivity index (χ3n) is 4.21. The highest BCUT2D eigenvalue weighted by molar-refractivity contribution is 7.94. The highest BCUT2D eigenvalue weighted by Crippen LogP contribution is 2.34. The topological polar surface area (TPSA) is 110 Å². The second-order valence-corrected chi connectivity index (χ2v) is 9.83. The van der Waals surface area contributed by atoms with Gasteiger partial charge in [-0.2, -0.15) is 13.2 Å². The van der Waals surface area contributed by atoms with Gasteiger partial charge in [0.15, 0.2) is 0 Å². The zero-order valence-electron chi connectivity index (χ0n) is 15.3. The fourth-order valence-electron chi connectivity index (χ4n) is 2.81. The molecule has 1 saturated heterocycles. The van der Waals surface area contributed by atoms with E-state index in [9.17, 15) is 34.8 Å². The van der Waals surface area contributed by atoms with Gasteiger partial charge in [0.25, 0.3) is 10.0 Å². The molecule has 0 atom stereocenters. The van der Waals surface area contributed by atoms with E-state index in [1.165, 1.54) is 19.2 Å². The predicted octanol–water partition coefficient (Wildman–Crippen LogP) is 2.58. The van der Waals surface area contributed by atoms with Crippen LogP contribution in [0.1, 0.15) is 12.0 Å². The number of hydrogen-bond acceptors (Lipinski definition) is 6. The van der Waals surface area contributed by atoms with Gasteiger partial charge in [-0.1, -0.05) is 0 Å². The van der Waals surface area contributed by atoms with Gasteiger partial charge in [-0.3, -0.25) is 9.52 Å². The summed E-state index contributed by atoms with van der Waals surface area (Å²) in [6.07, 6.45) is -4.82. The van der Waals surface area contributed by atoms with Crippen molar-refractivity contribution in [1.82, 2.24) is 0 Å². The minimum Gasteiger partial charge on any atom is -0.495 e. The lowest BCUT2D eigenvalue weighted by Gasteiger charge is -2.18. The third-order valence-corrected chi connectivity index (χ3v) is 7.31. The summed E-state index contributed by atoms with van der Waals surface area (Å²) in [6.45, 7) is 0. The van der Waals surface area contributed by atoms with Crippen molar-refractivity contribution in [1.29, 1.82) is 0 Å². The van der Waals surface area contributed by atoms with Gasteiger partial charge in [0.2, 0.25) is 15.9 Å². The molecule has 0 aromatic heterocycles. The number of carbonyl (C=O) groups excluding carboxylic acids is 1. The van der Waals surface area contributed by atoms with Crippen LogP contribution in [0.4, 0.5) is 24.5 Å². The molecule has 3 rings (SSSR count). The average Bonchev–Trinajstić information content (AvgIpc) is 2.93. The quantitative estimate of drug-likeness (QED) is 0.729. The monoisotopic (exact) mass is 464 g/mol. The summed E-state index contributed by atoms with van der Waals surface area (Å²) < 4.78 is 95.5. The first-order chi connectivity index (χ1) is 13.8. The number of nitrogens with zero attached hydrogens (tertiary/aromatic N) is 1. The molecule has 1 fully saturated rings. The maximum absolute atomic E-state index is 12.8. The molecular formula is C17H15F3N2O6S2. The van der Waals surface area contributed by atoms with Gasteiger partial charge in [-0.25, -0.2) is 21.1 Å². The second-order valence-electron chi connectivity index (χ2n) is 6.24. The zero-order valence-corrected chi connectivity index (χ0v) is 16.9. The molecular weight excluding hydrogens is 449 g/mol. The molecule has 1 N–H and O–H groups in total. The van der Waals surface area contributed by atoms with E-state index in [2.05, 4.69) is 4.72 Å². The van der Waals surface area contributed by atoms with Crippen LogP contribution in [-0.4, -0.2) is 35.6 Å². The van der Waals surface area contributed by atoms with Gasteiger partial charge in [0.05, 0.1) is 24.1 Å². The van der Waals surface area contributed by atoms with Crippen molar-refractivity contribution in [3.05, 3.63) is 48.0 Å². The third kappa shape index (κ3) is 4.21. The number of anilines is 2. The molecule has 13 heteroatoms. The number of nitrogens with one attached hydrogen (secondary N) is 1. The largest absolute Gasteiger partial charge is 0.495 e. The number of halogens is 3. The molecule has 0 spiro atoms. The Morgan fingerprint density at radius 3 is 2.23 bits per heavy atom. The molecule has 0 bridgehead atoms. The van der Waals surface area contributed by atoms with Crippen LogP contribution in [0.2, 0.25) is 0 Å². The van der Waals surface area contributed by atoms with Crippen molar-refractivity contribution < 1.29 is 39.5 Å². The molecule has 1 aliphatic rings. The van der Waals surface area contributed by atoms with E-state index in [4.69, 9.17) is 4.74 Å². The van der Waals surface area contributed by atoms with E-state index in [1.807, 2.05) is 0 Å². The van der Waals surface area contributed by atoms with Crippen molar-refractivity contribution in [2.75, 3.05) is 21.9 Å². The highest BCUT2D eigenvalue weighted by Gasteiger charge is 2.37. The fourth-order valence-corrected chi connectivity index (χ4v) is 5.51. The Balaban J connectivity index is 2.00. The maximum atomic E-state index is 12.8. The van der Waals surface area contributed by atoms with Crippen molar-refractivity contribution in [3.8, 4) is 5.75 Å². The summed E-state index contributed by atoms with van der Waals surface area (Å²) in [6, 6.07) is 6.64. The van der Waals surface area contributed by atoms with E-state index < -0.39 is 48.3 Å². The smallest absolute Gasteiger partial charge is 0.416 e. The Morgan fingerprint density at radius 2 is 1.73 bits per heavy atom. The minimum absolute atomic E-state index is 0.151. The molecule has 2 aromatic rings. The Labute approximate surface area is 170 Å². The summed E-state index contributed by atoms with van der Waals surface area (Å²) >= 11 is 0. The number of rotatable bonds is 5. The summed E-state index contributed by atoms with van der Waals surface area (Å²) in [5.41, 5.74) is -1.30. The predicted molar refractivity (Wildman–Crippen MR) is 101 cm³/mol. The zero-order chi connectivity index (χ0) is 22.3. The van der Waals surface area contributed by atoms with Gasteiger partial charge in [0, 0.05) is 12.1 Å². The van der Waals surface area contributed by atoms with Gasteiger partial charge in [0.1, 0.15) is 10.6 Å². The van der Waals surface area contributed by atoms with Crippen LogP contribution in [0.3, 0.4) is 0 Å². The molecule has 0 saturated carbocycles. The Morgan fingerprint density at radius 1 is 1.10 bits per heavy atom. The standard InChI is InChI=1S/C17H15F3N2O6S2/c1-28-14-7-6-13(22-16(23)8-9-29(22,24)25)10-15(14)30(26,27)21-12-4-2-11(3-5-12)17(18,19)20/h2-7,10,21H,8-9H2,1H3. The molecule has 162 valence electrons. The molecule has 2 aromatic carbocycles. The summed E-state index contributed by atoms with van der Waals surface area (Å²) in [5.74, 6) is -1.26. The summed E-state index contributed by atoms with van der Waals surface area (Å²) in [5, 5.41) is 0. The van der Waals surface area contributed by atoms with Crippen molar-refractivity contribution >= 4 is 37.3 Å². The Bertz CT molecular complexity index is 1190. The normalized spacial score (nSPS) is 16.5. The highest BCUT2D eigenvalue weighted by atomic mass is 32.2. The van der Waals surface area contributed by atoms with Crippen LogP contribution < -0.4 is 13.8 Å². The molecule has 1 amide bonds. The van der Waals surface area contributed by atoms with Crippen molar-refractivity contribution in [2.24, 2.45) is 0 Å². The lowest BCUT2D eigenvalue weighted by molar-refractivity contribution is -0.137. The first kappa shape index (κ1) is 21.9. The van der Waals surface area contributed by atoms with E-state index in [0.717, 1.165) is 18.2 Å². The first-order valence-corrected chi connectivity index (χ1v) is 11.4. The number of amides is 1. The maximum Gasteiger partial charge on any atom is 0.416 e. The lowest BCUT2D eigenvalue weighted by Crippen LogP contribution is -2.29. The first-order valence-electron chi connectivity index (χ1n) is 8.29. The second kappa shape index (κ2) is 7.47. The molecule has 0 aliphatic carbocycles. The van der Waals surface area contributed by atoms with Crippen LogP contribution in [0.25, 0.3) is 0 Å². The van der Waals surface area contributed by atoms with Crippen molar-refractivity contribution in [3.63, 3.8) is 0 Å². The molecule has 0 unspecified atom stereocenters. The van der Waals surface area contributed by atoms with Crippen LogP contribution in [-0.2, 0) is 31.0 Å². The van der Waals surface area contributed by atoms with Crippen LogP contribution >= 0.6 is 0 Å². The van der Waals surface area contributed by atoms with Crippen molar-refractivity contribution in [2.45, 2.75) is 17.5 Å². The number of ether oxygens (including phenoxy) is 1. The molecule has 1 heterocycles. The van der Waals surface area contributed by atoms with E-state index in [0.29, 0.717) is 16.4 Å². The van der Waals surface area contributed by atoms with E-state index >= 15 is 0 Å². The number of benzene rings is 2. The van der Waals surface area contributed by atoms with Gasteiger partial charge >= 0.3 is 6.18 Å². The Kier molecular flexibility index (Phi) is 5.45. The number of sulfonamides is 2. The number of hydrogen-bond donors (Lipinski definition) is 1. The van der Waals surface area contributed by atoms with E-state index in [-0.39, 0.29) is 23.5 Å². The fraction of sp³-hybridized carbons (Fsp3) is 0.235. The van der Waals surface area contributed by atoms with Crippen LogP contribution in [0.15, 0.2) is 47.4 Å². The van der Waals surface area contributed by atoms with E-state index in [1.54, 1.807) is 0 Å². The van der Waals surface area contributed by atoms with Gasteiger partial charge in [-0.05, 0) is 42.5 Å². The number of alkyl halides is 3. The lowest BCUT2D eigenvalue weighted by atomic mass is 10.2. The number of carbonyl (C=O) groups is 1. The number of methoxy groups -OCH3 is 1. The molecule has 30 heavy (non-hydrogen) atoms. The van der Waals surface area contributed by atoms with Gasteiger partial charge in [-0.15, -0.1) is 0 Å². The summed E-state index contributed by atoms with van der Waals surface area (Å²) in [7, 11) is -7.14. The Hall–Kier alpha value is -2.80. The average molecular weight is 464 g/mol. The van der Waals surface area contributed by atoms with Crippen LogP contribution in [0, 0.1) is 0 Å². The summed E-state index contributed by atoms with van der Waals surface area (Å²) in [4.78, 5) is 11.5. The SMILES string of the molecule is COc1ccc(N2C(=O)CCS2(=O)=O)cc1S(=O)(=O)Nc1ccc(C(F)(F)F)cc1.